The lowest BCUT2D eigenvalue weighted by Gasteiger charge is -2.37. The normalized spacial score (nSPS) is 17.9. The van der Waals surface area contributed by atoms with Crippen LogP contribution in [0, 0.1) is 0 Å². The Morgan fingerprint density at radius 2 is 1.77 bits per heavy atom. The molecule has 1 aliphatic rings. The molecule has 0 fully saturated rings. The minimum absolute atomic E-state index is 0.105. The summed E-state index contributed by atoms with van der Waals surface area (Å²) in [6, 6.07) is 11.3. The van der Waals surface area contributed by atoms with E-state index in [2.05, 4.69) is 49.8 Å². The van der Waals surface area contributed by atoms with Crippen LogP contribution in [0.1, 0.15) is 75.5 Å². The van der Waals surface area contributed by atoms with Crippen molar-refractivity contribution in [2.45, 2.75) is 83.4 Å². The van der Waals surface area contributed by atoms with Gasteiger partial charge in [-0.3, -0.25) is 0 Å². The van der Waals surface area contributed by atoms with Gasteiger partial charge in [-0.1, -0.05) is 48.8 Å². The first kappa shape index (κ1) is 28.4. The van der Waals surface area contributed by atoms with E-state index < -0.39 is 30.4 Å². The third kappa shape index (κ3) is 6.22. The number of benzene rings is 2. The zero-order valence-electron chi connectivity index (χ0n) is 22.1. The van der Waals surface area contributed by atoms with Gasteiger partial charge in [-0.25, -0.2) is 4.79 Å². The summed E-state index contributed by atoms with van der Waals surface area (Å²) in [5.41, 5.74) is 4.08. The Balaban J connectivity index is 2.09. The topological polar surface area (TPSA) is 72.8 Å². The number of aromatic carboxylic acids is 1. The van der Waals surface area contributed by atoms with Crippen molar-refractivity contribution in [3.63, 3.8) is 0 Å². The van der Waals surface area contributed by atoms with E-state index >= 15 is 0 Å². The van der Waals surface area contributed by atoms with E-state index in [1.165, 1.54) is 0 Å². The first-order chi connectivity index (χ1) is 16.0. The number of fused-ring (bicyclic) bond motifs is 1. The van der Waals surface area contributed by atoms with Crippen molar-refractivity contribution in [3.8, 4) is 11.1 Å². The second-order valence-corrected chi connectivity index (χ2v) is 19.7. The summed E-state index contributed by atoms with van der Waals surface area (Å²) < 4.78 is 22.7. The summed E-state index contributed by atoms with van der Waals surface area (Å²) in [5.74, 6) is -0.959. The van der Waals surface area contributed by atoms with Gasteiger partial charge in [-0.2, -0.15) is 0 Å². The number of halogens is 1. The molecular formula is C27H38BrNO4SSi. The Labute approximate surface area is 222 Å². The largest absolute Gasteiger partial charge is 0.597 e. The fourth-order valence-corrected chi connectivity index (χ4v) is 6.84. The monoisotopic (exact) mass is 579 g/mol. The fourth-order valence-electron chi connectivity index (χ4n) is 4.11. The highest BCUT2D eigenvalue weighted by Crippen LogP contribution is 2.46. The first-order valence-corrected chi connectivity index (χ1v) is 16.8. The van der Waals surface area contributed by atoms with Crippen molar-refractivity contribution in [1.29, 1.82) is 0 Å². The van der Waals surface area contributed by atoms with Crippen LogP contribution in [-0.4, -0.2) is 39.6 Å². The number of rotatable bonds is 7. The average molecular weight is 581 g/mol. The minimum atomic E-state index is -1.94. The highest BCUT2D eigenvalue weighted by molar-refractivity contribution is 9.10. The third-order valence-corrected chi connectivity index (χ3v) is 14.0. The molecular weight excluding hydrogens is 542 g/mol. The maximum atomic E-state index is 13.7. The van der Waals surface area contributed by atoms with Crippen molar-refractivity contribution in [3.05, 3.63) is 57.6 Å². The summed E-state index contributed by atoms with van der Waals surface area (Å²) in [4.78, 5) is 12.0. The Morgan fingerprint density at radius 3 is 2.29 bits per heavy atom. The van der Waals surface area contributed by atoms with Gasteiger partial charge in [0.05, 0.1) is 18.2 Å². The summed E-state index contributed by atoms with van der Waals surface area (Å²) >= 11 is 2.23. The van der Waals surface area contributed by atoms with E-state index in [1.807, 2.05) is 49.3 Å². The summed E-state index contributed by atoms with van der Waals surface area (Å²) in [6.45, 7) is 18.1. The molecule has 1 heterocycles. The van der Waals surface area contributed by atoms with E-state index in [-0.39, 0.29) is 16.6 Å². The van der Waals surface area contributed by atoms with Crippen LogP contribution in [0.15, 0.2) is 40.9 Å². The molecule has 0 radical (unpaired) electrons. The summed E-state index contributed by atoms with van der Waals surface area (Å²) in [5, 5.41) is 9.92. The van der Waals surface area contributed by atoms with Crippen molar-refractivity contribution >= 4 is 41.6 Å². The molecule has 5 nitrogen and oxygen atoms in total. The second kappa shape index (κ2) is 10.3. The number of carboxylic acid groups (broad SMARTS) is 1. The minimum Gasteiger partial charge on any atom is -0.597 e. The Bertz CT molecular complexity index is 1080. The zero-order chi connectivity index (χ0) is 26.3. The molecule has 0 bridgehead atoms. The van der Waals surface area contributed by atoms with Crippen molar-refractivity contribution < 1.29 is 18.9 Å². The number of hydrogen-bond acceptors (Lipinski definition) is 4. The number of carbonyl (C=O) groups is 1. The maximum absolute atomic E-state index is 13.7. The van der Waals surface area contributed by atoms with Gasteiger partial charge in [0.25, 0.3) is 0 Å². The average Bonchev–Trinajstić information content (AvgIpc) is 3.10. The Kier molecular flexibility index (Phi) is 8.36. The van der Waals surface area contributed by atoms with Gasteiger partial charge in [0, 0.05) is 22.4 Å². The molecule has 192 valence electrons. The smallest absolute Gasteiger partial charge is 0.335 e. The van der Waals surface area contributed by atoms with Crippen LogP contribution >= 0.6 is 15.9 Å². The van der Waals surface area contributed by atoms with E-state index in [9.17, 15) is 14.5 Å². The van der Waals surface area contributed by atoms with E-state index in [0.29, 0.717) is 19.6 Å². The predicted molar refractivity (Wildman–Crippen MR) is 150 cm³/mol. The van der Waals surface area contributed by atoms with Crippen LogP contribution in [-0.2, 0) is 22.3 Å². The number of nitrogens with zero attached hydrogens (tertiary/aromatic N) is 1. The van der Waals surface area contributed by atoms with Crippen LogP contribution in [0.3, 0.4) is 0 Å². The highest BCUT2D eigenvalue weighted by Gasteiger charge is 2.45. The van der Waals surface area contributed by atoms with Gasteiger partial charge in [0.2, 0.25) is 0 Å². The van der Waals surface area contributed by atoms with Crippen molar-refractivity contribution in [2.24, 2.45) is 0 Å². The van der Waals surface area contributed by atoms with Gasteiger partial charge < -0.3 is 14.1 Å². The quantitative estimate of drug-likeness (QED) is 0.271. The molecule has 0 saturated heterocycles. The molecule has 8 heteroatoms. The molecule has 35 heavy (non-hydrogen) atoms. The molecule has 0 spiro atoms. The van der Waals surface area contributed by atoms with Crippen LogP contribution in [0.2, 0.25) is 18.1 Å². The van der Waals surface area contributed by atoms with Crippen LogP contribution in [0.5, 0.6) is 0 Å². The molecule has 0 aromatic heterocycles. The standard InChI is InChI=1S/C27H38BrNO4SSi/c1-26(2,3)34(32)29-17-20-15-19(25(30)31)16-22(18-9-11-21(28)12-10-18)24(20)23(29)13-14-33-35(7,8)27(4,5)6/h9-12,15-16,23H,13-14,17H2,1-8H3,(H,30,31)/t23-,34?/m1/s1. The van der Waals surface area contributed by atoms with E-state index in [0.717, 1.165) is 26.7 Å². The van der Waals surface area contributed by atoms with E-state index in [4.69, 9.17) is 4.43 Å². The lowest BCUT2D eigenvalue weighted by Crippen LogP contribution is -2.43. The fraction of sp³-hybridized carbons (Fsp3) is 0.519. The van der Waals surface area contributed by atoms with Gasteiger partial charge in [0.1, 0.15) is 4.75 Å². The van der Waals surface area contributed by atoms with Crippen molar-refractivity contribution in [1.82, 2.24) is 4.31 Å². The molecule has 2 atom stereocenters. The van der Waals surface area contributed by atoms with Crippen LogP contribution in [0.25, 0.3) is 11.1 Å². The SMILES string of the molecule is CC(C)(C)[S+]([O-])N1Cc2cc(C(=O)O)cc(-c3ccc(Br)cc3)c2[C@H]1CCO[Si](C)(C)C(C)(C)C. The molecule has 0 amide bonds. The molecule has 0 aliphatic carbocycles. The van der Waals surface area contributed by atoms with Gasteiger partial charge in [-0.15, -0.1) is 4.31 Å². The van der Waals surface area contributed by atoms with Gasteiger partial charge >= 0.3 is 5.97 Å². The Hall–Kier alpha value is -1.16. The predicted octanol–water partition coefficient (Wildman–Crippen LogP) is 7.55. The first-order valence-electron chi connectivity index (χ1n) is 12.0. The third-order valence-electron chi connectivity index (χ3n) is 7.07. The maximum Gasteiger partial charge on any atom is 0.335 e. The molecule has 2 aromatic carbocycles. The summed E-state index contributed by atoms with van der Waals surface area (Å²) in [7, 11) is -1.94. The lowest BCUT2D eigenvalue weighted by molar-refractivity contribution is 0.0696. The molecule has 0 saturated carbocycles. The molecule has 2 aromatic rings. The zero-order valence-corrected chi connectivity index (χ0v) is 25.5. The van der Waals surface area contributed by atoms with Crippen molar-refractivity contribution in [2.75, 3.05) is 6.61 Å². The molecule has 1 N–H and O–H groups in total. The highest BCUT2D eigenvalue weighted by atomic mass is 79.9. The lowest BCUT2D eigenvalue weighted by atomic mass is 9.90. The van der Waals surface area contributed by atoms with Gasteiger partial charge in [-0.05, 0) is 91.8 Å². The number of hydrogen-bond donors (Lipinski definition) is 1. The Morgan fingerprint density at radius 1 is 1.17 bits per heavy atom. The van der Waals surface area contributed by atoms with E-state index in [1.54, 1.807) is 12.1 Å². The van der Waals surface area contributed by atoms with Gasteiger partial charge in [0.15, 0.2) is 8.32 Å². The second-order valence-electron chi connectivity index (χ2n) is 11.8. The summed E-state index contributed by atoms with van der Waals surface area (Å²) in [6.07, 6.45) is 0.692. The number of carboxylic acids is 1. The van der Waals surface area contributed by atoms with Crippen LogP contribution < -0.4 is 0 Å². The molecule has 3 rings (SSSR count). The molecule has 1 unspecified atom stereocenters. The molecule has 1 aliphatic heterocycles. The van der Waals surface area contributed by atoms with Crippen LogP contribution in [0.4, 0.5) is 0 Å².